The molecule has 7 aromatic carbocycles. The molecule has 0 bridgehead atoms. The molecule has 0 aliphatic rings. The van der Waals surface area contributed by atoms with Gasteiger partial charge in [-0.25, -0.2) is 0 Å². The van der Waals surface area contributed by atoms with Crippen molar-refractivity contribution in [2.45, 2.75) is 27.7 Å². The molecule has 254 valence electrons. The minimum absolute atomic E-state index is 1.13. The van der Waals surface area contributed by atoms with E-state index in [4.69, 9.17) is 0 Å². The third kappa shape index (κ3) is 8.31. The van der Waals surface area contributed by atoms with Gasteiger partial charge in [-0.05, 0) is 151 Å². The average molecular weight is 673 g/mol. The van der Waals surface area contributed by atoms with E-state index < -0.39 is 0 Å². The van der Waals surface area contributed by atoms with Gasteiger partial charge in [0.1, 0.15) is 0 Å². The van der Waals surface area contributed by atoms with Crippen LogP contribution in [0.15, 0.2) is 170 Å². The first-order valence-electron chi connectivity index (χ1n) is 17.9. The molecule has 7 aromatic rings. The molecule has 0 aromatic heterocycles. The fourth-order valence-electron chi connectivity index (χ4n) is 6.83. The molecule has 0 aliphatic carbocycles. The van der Waals surface area contributed by atoms with Crippen molar-refractivity contribution in [3.8, 4) is 0 Å². The molecule has 2 nitrogen and oxygen atoms in total. The smallest absolute Gasteiger partial charge is 0.0466 e. The van der Waals surface area contributed by atoms with Crippen molar-refractivity contribution in [2.75, 3.05) is 9.80 Å². The Labute approximate surface area is 309 Å². The first-order chi connectivity index (χ1) is 25.4. The van der Waals surface area contributed by atoms with Crippen LogP contribution in [0.3, 0.4) is 0 Å². The molecule has 0 fully saturated rings. The number of anilines is 6. The van der Waals surface area contributed by atoms with E-state index in [1.54, 1.807) is 0 Å². The largest absolute Gasteiger partial charge is 0.310 e. The molecule has 0 saturated heterocycles. The lowest BCUT2D eigenvalue weighted by atomic mass is 10.1. The van der Waals surface area contributed by atoms with Crippen LogP contribution in [0.25, 0.3) is 24.3 Å². The zero-order valence-corrected chi connectivity index (χ0v) is 30.4. The number of hydrogen-bond donors (Lipinski definition) is 0. The van der Waals surface area contributed by atoms with Crippen LogP contribution in [0, 0.1) is 27.7 Å². The molecule has 2 heteroatoms. The first kappa shape index (κ1) is 34.1. The van der Waals surface area contributed by atoms with Gasteiger partial charge in [-0.3, -0.25) is 0 Å². The molecule has 0 unspecified atom stereocenters. The highest BCUT2D eigenvalue weighted by molar-refractivity contribution is 5.81. The van der Waals surface area contributed by atoms with Gasteiger partial charge in [0.15, 0.2) is 0 Å². The van der Waals surface area contributed by atoms with Gasteiger partial charge in [-0.15, -0.1) is 0 Å². The second kappa shape index (κ2) is 15.7. The molecule has 0 saturated carbocycles. The minimum atomic E-state index is 1.13. The van der Waals surface area contributed by atoms with Crippen molar-refractivity contribution >= 4 is 58.4 Å². The molecule has 7 rings (SSSR count). The van der Waals surface area contributed by atoms with Crippen LogP contribution in [0.2, 0.25) is 0 Å². The molecule has 0 atom stereocenters. The number of hydrogen-bond acceptors (Lipinski definition) is 2. The topological polar surface area (TPSA) is 6.48 Å². The van der Waals surface area contributed by atoms with Crippen molar-refractivity contribution in [1.29, 1.82) is 0 Å². The van der Waals surface area contributed by atoms with E-state index in [9.17, 15) is 0 Å². The maximum atomic E-state index is 2.32. The molecular formula is C50H44N2. The number of rotatable bonds is 10. The maximum absolute atomic E-state index is 2.32. The highest BCUT2D eigenvalue weighted by Crippen LogP contribution is 2.37. The lowest BCUT2D eigenvalue weighted by Crippen LogP contribution is -2.10. The van der Waals surface area contributed by atoms with E-state index in [2.05, 4.69) is 232 Å². The van der Waals surface area contributed by atoms with Crippen LogP contribution in [0.1, 0.15) is 44.5 Å². The lowest BCUT2D eigenvalue weighted by Gasteiger charge is -2.26. The second-order valence-corrected chi connectivity index (χ2v) is 13.6. The first-order valence-corrected chi connectivity index (χ1v) is 17.9. The lowest BCUT2D eigenvalue weighted by molar-refractivity contribution is 1.25. The van der Waals surface area contributed by atoms with Gasteiger partial charge in [0.05, 0.1) is 0 Å². The number of aryl methyl sites for hydroxylation is 4. The predicted octanol–water partition coefficient (Wildman–Crippen LogP) is 14.2. The number of benzene rings is 7. The fourth-order valence-corrected chi connectivity index (χ4v) is 6.83. The SMILES string of the molecule is Cc1cc(C)cc(N(c2ccccc2)c2ccc(C=Cc3cccc(C=Cc4ccc(N(c5ccccc5)c5cc(C)cc(C)c5)cc4)c3)cc2)c1. The summed E-state index contributed by atoms with van der Waals surface area (Å²) in [6, 6.07) is 60.8. The Balaban J connectivity index is 1.06. The molecular weight excluding hydrogens is 629 g/mol. The van der Waals surface area contributed by atoms with Gasteiger partial charge in [-0.2, -0.15) is 0 Å². The quantitative estimate of drug-likeness (QED) is 0.133. The Morgan fingerprint density at radius 2 is 0.596 bits per heavy atom. The summed E-state index contributed by atoms with van der Waals surface area (Å²) in [5.41, 5.74) is 16.5. The van der Waals surface area contributed by atoms with Crippen LogP contribution in [0.4, 0.5) is 34.1 Å². The zero-order valence-electron chi connectivity index (χ0n) is 30.4. The van der Waals surface area contributed by atoms with Crippen LogP contribution < -0.4 is 9.80 Å². The highest BCUT2D eigenvalue weighted by Gasteiger charge is 2.14. The maximum Gasteiger partial charge on any atom is 0.0466 e. The van der Waals surface area contributed by atoms with Gasteiger partial charge in [0.25, 0.3) is 0 Å². The summed E-state index contributed by atoms with van der Waals surface area (Å²) in [5.74, 6) is 0. The van der Waals surface area contributed by atoms with E-state index in [-0.39, 0.29) is 0 Å². The van der Waals surface area contributed by atoms with Crippen LogP contribution >= 0.6 is 0 Å². The van der Waals surface area contributed by atoms with Crippen molar-refractivity contribution in [3.05, 3.63) is 214 Å². The van der Waals surface area contributed by atoms with E-state index in [0.717, 1.165) is 45.0 Å². The van der Waals surface area contributed by atoms with Crippen molar-refractivity contribution < 1.29 is 0 Å². The Bertz CT molecular complexity index is 2110. The molecule has 0 heterocycles. The van der Waals surface area contributed by atoms with E-state index in [0.29, 0.717) is 0 Å². The van der Waals surface area contributed by atoms with Crippen molar-refractivity contribution in [3.63, 3.8) is 0 Å². The predicted molar refractivity (Wildman–Crippen MR) is 225 cm³/mol. The van der Waals surface area contributed by atoms with E-state index >= 15 is 0 Å². The van der Waals surface area contributed by atoms with Crippen molar-refractivity contribution in [2.24, 2.45) is 0 Å². The summed E-state index contributed by atoms with van der Waals surface area (Å²) >= 11 is 0. The summed E-state index contributed by atoms with van der Waals surface area (Å²) < 4.78 is 0. The van der Waals surface area contributed by atoms with E-state index in [1.165, 1.54) is 33.6 Å². The molecule has 0 radical (unpaired) electrons. The number of nitrogens with zero attached hydrogens (tertiary/aromatic N) is 2. The van der Waals surface area contributed by atoms with Gasteiger partial charge in [0.2, 0.25) is 0 Å². The van der Waals surface area contributed by atoms with Crippen LogP contribution in [-0.2, 0) is 0 Å². The summed E-state index contributed by atoms with van der Waals surface area (Å²) in [6.07, 6.45) is 8.74. The molecule has 0 N–H and O–H groups in total. The minimum Gasteiger partial charge on any atom is -0.310 e. The third-order valence-corrected chi connectivity index (χ3v) is 9.11. The summed E-state index contributed by atoms with van der Waals surface area (Å²) in [4.78, 5) is 4.64. The fraction of sp³-hybridized carbons (Fsp3) is 0.0800. The Kier molecular flexibility index (Phi) is 10.3. The van der Waals surface area contributed by atoms with Gasteiger partial charge < -0.3 is 9.80 Å². The summed E-state index contributed by atoms with van der Waals surface area (Å²) in [7, 11) is 0. The normalized spacial score (nSPS) is 11.3. The average Bonchev–Trinajstić information content (AvgIpc) is 3.15. The molecule has 52 heavy (non-hydrogen) atoms. The van der Waals surface area contributed by atoms with Gasteiger partial charge in [-0.1, -0.05) is 115 Å². The summed E-state index contributed by atoms with van der Waals surface area (Å²) in [5, 5.41) is 0. The Hall–Kier alpha value is -6.38. The van der Waals surface area contributed by atoms with Crippen molar-refractivity contribution in [1.82, 2.24) is 0 Å². The standard InChI is InChI=1S/C50H44N2/c1-37-30-38(2)33-49(32-37)51(45-14-7-5-8-15-45)47-26-22-41(23-27-47)18-20-43-12-11-13-44(36-43)21-19-42-24-28-48(29-25-42)52(46-16-9-6-10-17-46)50-34-39(3)31-40(4)35-50/h5-36H,1-4H3. The van der Waals surface area contributed by atoms with Crippen LogP contribution in [-0.4, -0.2) is 0 Å². The molecule has 0 aliphatic heterocycles. The molecule has 0 spiro atoms. The van der Waals surface area contributed by atoms with Gasteiger partial charge >= 0.3 is 0 Å². The second-order valence-electron chi connectivity index (χ2n) is 13.6. The number of para-hydroxylation sites is 2. The monoisotopic (exact) mass is 672 g/mol. The van der Waals surface area contributed by atoms with Crippen LogP contribution in [0.5, 0.6) is 0 Å². The van der Waals surface area contributed by atoms with E-state index in [1.807, 2.05) is 0 Å². The highest BCUT2D eigenvalue weighted by atomic mass is 15.1. The molecule has 0 amide bonds. The summed E-state index contributed by atoms with van der Waals surface area (Å²) in [6.45, 7) is 8.62. The zero-order chi connectivity index (χ0) is 35.9. The third-order valence-electron chi connectivity index (χ3n) is 9.11. The Morgan fingerprint density at radius 3 is 0.962 bits per heavy atom. The van der Waals surface area contributed by atoms with Gasteiger partial charge in [0, 0.05) is 34.1 Å². The Morgan fingerprint density at radius 1 is 0.269 bits per heavy atom.